The number of aromatic nitrogens is 2. The maximum atomic E-state index is 12.2. The largest absolute Gasteiger partial charge is 0.478 e. The van der Waals surface area contributed by atoms with E-state index in [0.29, 0.717) is 10.7 Å². The lowest BCUT2D eigenvalue weighted by atomic mass is 10.2. The number of carboxylic acid groups (broad SMARTS) is 1. The molecule has 2 aromatic rings. The van der Waals surface area contributed by atoms with Gasteiger partial charge in [-0.05, 0) is 30.6 Å². The Morgan fingerprint density at radius 3 is 2.67 bits per heavy atom. The Kier molecular flexibility index (Phi) is 4.92. The van der Waals surface area contributed by atoms with Crippen LogP contribution in [0.2, 0.25) is 0 Å². The normalized spacial score (nSPS) is 10.4. The summed E-state index contributed by atoms with van der Waals surface area (Å²) in [6.45, 7) is 1.62. The fourth-order valence-electron chi connectivity index (χ4n) is 1.62. The third-order valence-corrected chi connectivity index (χ3v) is 4.76. The molecule has 0 aliphatic carbocycles. The number of pyridine rings is 1. The number of carbonyl (C=O) groups is 2. The number of amides is 1. The van der Waals surface area contributed by atoms with E-state index in [1.54, 1.807) is 26.4 Å². The number of carboxylic acids is 1. The van der Waals surface area contributed by atoms with E-state index in [9.17, 15) is 14.7 Å². The van der Waals surface area contributed by atoms with Gasteiger partial charge >= 0.3 is 5.97 Å². The molecule has 0 radical (unpaired) electrons. The molecular formula is C13H13N3O3S2. The first-order valence-electron chi connectivity index (χ1n) is 5.99. The Morgan fingerprint density at radius 2 is 2.05 bits per heavy atom. The fourth-order valence-corrected chi connectivity index (χ4v) is 3.29. The summed E-state index contributed by atoms with van der Waals surface area (Å²) in [5.41, 5.74) is 0.508. The van der Waals surface area contributed by atoms with E-state index in [-0.39, 0.29) is 17.2 Å². The number of hydrogen-bond acceptors (Lipinski definition) is 6. The van der Waals surface area contributed by atoms with E-state index < -0.39 is 5.97 Å². The molecule has 0 atom stereocenters. The molecule has 0 aromatic carbocycles. The van der Waals surface area contributed by atoms with E-state index >= 15 is 0 Å². The van der Waals surface area contributed by atoms with E-state index in [1.165, 1.54) is 16.7 Å². The Hall–Kier alpha value is -1.93. The van der Waals surface area contributed by atoms with Gasteiger partial charge in [0, 0.05) is 24.3 Å². The van der Waals surface area contributed by atoms with Crippen LogP contribution < -0.4 is 4.90 Å². The van der Waals surface area contributed by atoms with Gasteiger partial charge in [0.15, 0.2) is 0 Å². The lowest BCUT2D eigenvalue weighted by Crippen LogP contribution is -2.28. The summed E-state index contributed by atoms with van der Waals surface area (Å²) in [5.74, 6) is -1.03. The Labute approximate surface area is 130 Å². The maximum Gasteiger partial charge on any atom is 0.340 e. The van der Waals surface area contributed by atoms with Gasteiger partial charge in [-0.2, -0.15) is 4.37 Å². The molecule has 0 spiro atoms. The van der Waals surface area contributed by atoms with Crippen LogP contribution >= 0.6 is 23.3 Å². The fraction of sp³-hybridized carbons (Fsp3) is 0.231. The Balaban J connectivity index is 2.08. The highest BCUT2D eigenvalue weighted by Crippen LogP contribution is 2.28. The highest BCUT2D eigenvalue weighted by atomic mass is 32.2. The first kappa shape index (κ1) is 15.5. The van der Waals surface area contributed by atoms with Gasteiger partial charge in [-0.3, -0.25) is 9.78 Å². The van der Waals surface area contributed by atoms with Gasteiger partial charge in [0.2, 0.25) is 5.91 Å². The van der Waals surface area contributed by atoms with Crippen molar-refractivity contribution >= 4 is 40.2 Å². The average Bonchev–Trinajstić information content (AvgIpc) is 2.87. The lowest BCUT2D eigenvalue weighted by Gasteiger charge is -2.15. The number of anilines is 1. The monoisotopic (exact) mass is 323 g/mol. The van der Waals surface area contributed by atoms with Crippen molar-refractivity contribution in [1.29, 1.82) is 0 Å². The first-order chi connectivity index (χ1) is 10.0. The summed E-state index contributed by atoms with van der Waals surface area (Å²) >= 11 is 2.40. The molecular weight excluding hydrogens is 310 g/mol. The van der Waals surface area contributed by atoms with Crippen molar-refractivity contribution in [3.8, 4) is 0 Å². The van der Waals surface area contributed by atoms with Gasteiger partial charge in [-0.1, -0.05) is 0 Å². The molecule has 0 aliphatic rings. The molecule has 0 unspecified atom stereocenters. The van der Waals surface area contributed by atoms with E-state index in [4.69, 9.17) is 0 Å². The third kappa shape index (κ3) is 3.59. The minimum absolute atomic E-state index is 0.0877. The topological polar surface area (TPSA) is 83.4 Å². The predicted octanol–water partition coefficient (Wildman–Crippen LogP) is 2.30. The quantitative estimate of drug-likeness (QED) is 0.850. The molecule has 8 heteroatoms. The number of carbonyl (C=O) groups excluding carboxylic acids is 1. The van der Waals surface area contributed by atoms with Gasteiger partial charge in [0.25, 0.3) is 0 Å². The molecule has 2 rings (SSSR count). The van der Waals surface area contributed by atoms with Crippen molar-refractivity contribution in [3.05, 3.63) is 35.8 Å². The lowest BCUT2D eigenvalue weighted by molar-refractivity contribution is -0.115. The molecule has 0 saturated carbocycles. The molecule has 2 heterocycles. The zero-order valence-electron chi connectivity index (χ0n) is 11.4. The summed E-state index contributed by atoms with van der Waals surface area (Å²) in [6, 6.07) is 3.63. The molecule has 1 amide bonds. The molecule has 2 aromatic heterocycles. The summed E-state index contributed by atoms with van der Waals surface area (Å²) < 4.78 is 4.01. The summed E-state index contributed by atoms with van der Waals surface area (Å²) in [6.07, 6.45) is 3.32. The van der Waals surface area contributed by atoms with Gasteiger partial charge in [0.05, 0.1) is 11.4 Å². The second kappa shape index (κ2) is 6.68. The van der Waals surface area contributed by atoms with Crippen molar-refractivity contribution in [3.63, 3.8) is 0 Å². The minimum Gasteiger partial charge on any atom is -0.478 e. The number of hydrogen-bond donors (Lipinski definition) is 1. The zero-order chi connectivity index (χ0) is 15.4. The second-order valence-corrected chi connectivity index (χ2v) is 5.98. The number of thioether (sulfide) groups is 1. The summed E-state index contributed by atoms with van der Waals surface area (Å²) in [5, 5.41) is 9.55. The van der Waals surface area contributed by atoms with Crippen LogP contribution in [-0.4, -0.2) is 39.1 Å². The molecule has 0 bridgehead atoms. The maximum absolute atomic E-state index is 12.2. The molecule has 6 nitrogen and oxygen atoms in total. The van der Waals surface area contributed by atoms with Crippen molar-refractivity contribution in [2.75, 3.05) is 17.7 Å². The van der Waals surface area contributed by atoms with Crippen LogP contribution in [0, 0.1) is 6.92 Å². The van der Waals surface area contributed by atoms with Crippen LogP contribution in [0.25, 0.3) is 0 Å². The van der Waals surface area contributed by atoms with Crippen LogP contribution in [-0.2, 0) is 4.79 Å². The van der Waals surface area contributed by atoms with Gasteiger partial charge in [0.1, 0.15) is 10.6 Å². The average molecular weight is 323 g/mol. The summed E-state index contributed by atoms with van der Waals surface area (Å²) in [4.78, 5) is 29.6. The van der Waals surface area contributed by atoms with Crippen molar-refractivity contribution in [2.24, 2.45) is 0 Å². The molecule has 21 heavy (non-hydrogen) atoms. The Bertz CT molecular complexity index is 658. The minimum atomic E-state index is -1.07. The van der Waals surface area contributed by atoms with E-state index in [2.05, 4.69) is 9.36 Å². The van der Waals surface area contributed by atoms with Crippen LogP contribution in [0.4, 0.5) is 5.00 Å². The van der Waals surface area contributed by atoms with Crippen molar-refractivity contribution in [1.82, 2.24) is 9.36 Å². The van der Waals surface area contributed by atoms with Crippen molar-refractivity contribution in [2.45, 2.75) is 11.8 Å². The Morgan fingerprint density at radius 1 is 1.38 bits per heavy atom. The van der Waals surface area contributed by atoms with Gasteiger partial charge < -0.3 is 10.0 Å². The number of nitrogens with zero attached hydrogens (tertiary/aromatic N) is 3. The van der Waals surface area contributed by atoms with Crippen molar-refractivity contribution < 1.29 is 14.7 Å². The first-order valence-corrected chi connectivity index (χ1v) is 7.75. The number of rotatable bonds is 5. The predicted molar refractivity (Wildman–Crippen MR) is 82.2 cm³/mol. The van der Waals surface area contributed by atoms with E-state index in [0.717, 1.165) is 16.4 Å². The second-order valence-electron chi connectivity index (χ2n) is 4.18. The van der Waals surface area contributed by atoms with Crippen LogP contribution in [0.15, 0.2) is 29.4 Å². The smallest absolute Gasteiger partial charge is 0.340 e. The SMILES string of the molecule is Cc1nsc(N(C)C(=O)CSc2ccncc2)c1C(=O)O. The summed E-state index contributed by atoms with van der Waals surface area (Å²) in [7, 11) is 1.56. The molecule has 0 fully saturated rings. The van der Waals surface area contributed by atoms with Crippen LogP contribution in [0.5, 0.6) is 0 Å². The molecule has 110 valence electrons. The highest BCUT2D eigenvalue weighted by Gasteiger charge is 2.23. The molecule has 1 N–H and O–H groups in total. The van der Waals surface area contributed by atoms with Crippen LogP contribution in [0.3, 0.4) is 0 Å². The third-order valence-electron chi connectivity index (χ3n) is 2.75. The van der Waals surface area contributed by atoms with Gasteiger partial charge in [-0.15, -0.1) is 11.8 Å². The standard InChI is InChI=1S/C13H13N3O3S2/c1-8-11(13(18)19)12(21-15-8)16(2)10(17)7-20-9-3-5-14-6-4-9/h3-6H,7H2,1-2H3,(H,18,19). The van der Waals surface area contributed by atoms with Gasteiger partial charge in [-0.25, -0.2) is 4.79 Å². The number of aryl methyl sites for hydroxylation is 1. The molecule has 0 saturated heterocycles. The van der Waals surface area contributed by atoms with E-state index in [1.807, 2.05) is 12.1 Å². The molecule has 0 aliphatic heterocycles. The van der Waals surface area contributed by atoms with Crippen LogP contribution in [0.1, 0.15) is 16.1 Å². The zero-order valence-corrected chi connectivity index (χ0v) is 13.1. The number of aromatic carboxylic acids is 1. The highest BCUT2D eigenvalue weighted by molar-refractivity contribution is 8.00.